The number of methoxy groups -OCH3 is 2. The number of ether oxygens (including phenoxy) is 2. The van der Waals surface area contributed by atoms with E-state index in [9.17, 15) is 4.39 Å². The Morgan fingerprint density at radius 3 is 2.37 bits per heavy atom. The topological polar surface area (TPSA) is 30.5 Å². The zero-order valence-corrected chi connectivity index (χ0v) is 10.9. The average molecular weight is 261 g/mol. The summed E-state index contributed by atoms with van der Waals surface area (Å²) >= 11 is 0. The largest absolute Gasteiger partial charge is 0.497 e. The maximum absolute atomic E-state index is 12.8. The molecule has 4 heteroatoms. The van der Waals surface area contributed by atoms with Gasteiger partial charge in [-0.3, -0.25) is 0 Å². The molecule has 0 fully saturated rings. The molecule has 0 saturated heterocycles. The fourth-order valence-corrected chi connectivity index (χ4v) is 1.75. The van der Waals surface area contributed by atoms with Crippen molar-refractivity contribution in [2.24, 2.45) is 0 Å². The smallest absolute Gasteiger partial charge is 0.142 e. The maximum atomic E-state index is 12.8. The molecule has 0 amide bonds. The van der Waals surface area contributed by atoms with E-state index < -0.39 is 0 Å². The predicted octanol–water partition coefficient (Wildman–Crippen LogP) is 3.46. The van der Waals surface area contributed by atoms with Crippen molar-refractivity contribution in [3.05, 3.63) is 53.8 Å². The van der Waals surface area contributed by atoms with E-state index in [4.69, 9.17) is 9.47 Å². The maximum Gasteiger partial charge on any atom is 0.142 e. The van der Waals surface area contributed by atoms with Crippen LogP contribution >= 0.6 is 0 Å². The molecule has 100 valence electrons. The van der Waals surface area contributed by atoms with Gasteiger partial charge in [0.25, 0.3) is 0 Å². The molecular formula is C15H16FNO2. The Morgan fingerprint density at radius 1 is 1.00 bits per heavy atom. The summed E-state index contributed by atoms with van der Waals surface area (Å²) in [7, 11) is 3.23. The number of rotatable bonds is 5. The van der Waals surface area contributed by atoms with E-state index in [0.29, 0.717) is 6.54 Å². The predicted molar refractivity (Wildman–Crippen MR) is 73.3 cm³/mol. The van der Waals surface area contributed by atoms with Gasteiger partial charge in [-0.05, 0) is 29.8 Å². The Hall–Kier alpha value is -2.23. The molecule has 3 nitrogen and oxygen atoms in total. The van der Waals surface area contributed by atoms with E-state index >= 15 is 0 Å². The highest BCUT2D eigenvalue weighted by molar-refractivity contribution is 5.59. The van der Waals surface area contributed by atoms with Gasteiger partial charge in [-0.15, -0.1) is 0 Å². The molecule has 2 aromatic carbocycles. The Kier molecular flexibility index (Phi) is 4.23. The molecule has 0 unspecified atom stereocenters. The first kappa shape index (κ1) is 13.2. The minimum atomic E-state index is -0.234. The molecule has 19 heavy (non-hydrogen) atoms. The van der Waals surface area contributed by atoms with Crippen LogP contribution in [-0.2, 0) is 6.54 Å². The average Bonchev–Trinajstić information content (AvgIpc) is 2.46. The van der Waals surface area contributed by atoms with Gasteiger partial charge in [-0.2, -0.15) is 0 Å². The van der Waals surface area contributed by atoms with Gasteiger partial charge in [0.05, 0.1) is 19.9 Å². The summed E-state index contributed by atoms with van der Waals surface area (Å²) in [5.74, 6) is 1.26. The second-order valence-electron chi connectivity index (χ2n) is 4.05. The molecule has 0 aliphatic heterocycles. The van der Waals surface area contributed by atoms with Crippen LogP contribution in [0.5, 0.6) is 11.5 Å². The SMILES string of the molecule is COc1ccc(OC)c(NCc2ccc(F)cc2)c1. The quantitative estimate of drug-likeness (QED) is 0.894. The summed E-state index contributed by atoms with van der Waals surface area (Å²) in [4.78, 5) is 0. The molecule has 0 heterocycles. The standard InChI is InChI=1S/C15H16FNO2/c1-18-13-7-8-15(19-2)14(9-13)17-10-11-3-5-12(16)6-4-11/h3-9,17H,10H2,1-2H3. The normalized spacial score (nSPS) is 10.1. The van der Waals surface area contributed by atoms with Crippen molar-refractivity contribution < 1.29 is 13.9 Å². The summed E-state index contributed by atoms with van der Waals surface area (Å²) in [5.41, 5.74) is 1.83. The van der Waals surface area contributed by atoms with Crippen molar-refractivity contribution in [2.45, 2.75) is 6.54 Å². The Bertz CT molecular complexity index is 540. The van der Waals surface area contributed by atoms with Crippen LogP contribution in [0.25, 0.3) is 0 Å². The van der Waals surface area contributed by atoms with Crippen molar-refractivity contribution in [2.75, 3.05) is 19.5 Å². The van der Waals surface area contributed by atoms with E-state index in [1.807, 2.05) is 18.2 Å². The van der Waals surface area contributed by atoms with Crippen molar-refractivity contribution in [3.63, 3.8) is 0 Å². The van der Waals surface area contributed by atoms with Crippen LogP contribution < -0.4 is 14.8 Å². The van der Waals surface area contributed by atoms with Crippen LogP contribution in [0.15, 0.2) is 42.5 Å². The van der Waals surface area contributed by atoms with E-state index in [1.54, 1.807) is 26.4 Å². The summed E-state index contributed by atoms with van der Waals surface area (Å²) in [6.45, 7) is 0.587. The number of hydrogen-bond donors (Lipinski definition) is 1. The molecule has 1 N–H and O–H groups in total. The first-order valence-corrected chi connectivity index (χ1v) is 5.93. The van der Waals surface area contributed by atoms with E-state index in [-0.39, 0.29) is 5.82 Å². The lowest BCUT2D eigenvalue weighted by Gasteiger charge is -2.12. The minimum absolute atomic E-state index is 0.234. The molecule has 0 atom stereocenters. The van der Waals surface area contributed by atoms with E-state index in [0.717, 1.165) is 22.7 Å². The molecule has 0 aromatic heterocycles. The molecule has 2 rings (SSSR count). The fraction of sp³-hybridized carbons (Fsp3) is 0.200. The van der Waals surface area contributed by atoms with Crippen LogP contribution in [-0.4, -0.2) is 14.2 Å². The number of halogens is 1. The second-order valence-corrected chi connectivity index (χ2v) is 4.05. The van der Waals surface area contributed by atoms with Gasteiger partial charge in [-0.25, -0.2) is 4.39 Å². The zero-order valence-electron chi connectivity index (χ0n) is 10.9. The molecule has 0 bridgehead atoms. The van der Waals surface area contributed by atoms with E-state index in [1.165, 1.54) is 12.1 Å². The summed E-state index contributed by atoms with van der Waals surface area (Å²) < 4.78 is 23.3. The van der Waals surface area contributed by atoms with Crippen molar-refractivity contribution >= 4 is 5.69 Å². The van der Waals surface area contributed by atoms with Crippen molar-refractivity contribution in [1.82, 2.24) is 0 Å². The summed E-state index contributed by atoms with van der Waals surface area (Å²) in [6, 6.07) is 11.9. The second kappa shape index (κ2) is 6.09. The Balaban J connectivity index is 2.11. The van der Waals surface area contributed by atoms with Crippen molar-refractivity contribution in [3.8, 4) is 11.5 Å². The number of benzene rings is 2. The molecule has 2 aromatic rings. The molecule has 0 saturated carbocycles. The first-order valence-electron chi connectivity index (χ1n) is 5.93. The number of hydrogen-bond acceptors (Lipinski definition) is 3. The molecule has 0 aliphatic rings. The highest BCUT2D eigenvalue weighted by Crippen LogP contribution is 2.29. The van der Waals surface area contributed by atoms with Gasteiger partial charge < -0.3 is 14.8 Å². The monoisotopic (exact) mass is 261 g/mol. The van der Waals surface area contributed by atoms with Gasteiger partial charge in [0.2, 0.25) is 0 Å². The fourth-order valence-electron chi connectivity index (χ4n) is 1.75. The molecule has 0 radical (unpaired) electrons. The first-order chi connectivity index (χ1) is 9.22. The number of anilines is 1. The lowest BCUT2D eigenvalue weighted by molar-refractivity contribution is 0.404. The van der Waals surface area contributed by atoms with Crippen LogP contribution in [0.4, 0.5) is 10.1 Å². The van der Waals surface area contributed by atoms with Gasteiger partial charge in [0.1, 0.15) is 17.3 Å². The third-order valence-corrected chi connectivity index (χ3v) is 2.80. The van der Waals surface area contributed by atoms with Gasteiger partial charge in [0, 0.05) is 12.6 Å². The highest BCUT2D eigenvalue weighted by atomic mass is 19.1. The zero-order chi connectivity index (χ0) is 13.7. The van der Waals surface area contributed by atoms with Gasteiger partial charge >= 0.3 is 0 Å². The third-order valence-electron chi connectivity index (χ3n) is 2.80. The van der Waals surface area contributed by atoms with Crippen LogP contribution in [0.3, 0.4) is 0 Å². The third kappa shape index (κ3) is 3.37. The molecule has 0 spiro atoms. The van der Waals surface area contributed by atoms with Crippen LogP contribution in [0, 0.1) is 5.82 Å². The van der Waals surface area contributed by atoms with Crippen LogP contribution in [0.1, 0.15) is 5.56 Å². The van der Waals surface area contributed by atoms with E-state index in [2.05, 4.69) is 5.32 Å². The van der Waals surface area contributed by atoms with Crippen LogP contribution in [0.2, 0.25) is 0 Å². The highest BCUT2D eigenvalue weighted by Gasteiger charge is 2.04. The Labute approximate surface area is 112 Å². The Morgan fingerprint density at radius 2 is 1.74 bits per heavy atom. The number of nitrogens with one attached hydrogen (secondary N) is 1. The molecule has 0 aliphatic carbocycles. The lowest BCUT2D eigenvalue weighted by Crippen LogP contribution is -2.01. The van der Waals surface area contributed by atoms with Crippen molar-refractivity contribution in [1.29, 1.82) is 0 Å². The summed E-state index contributed by atoms with van der Waals surface area (Å²) in [6.07, 6.45) is 0. The summed E-state index contributed by atoms with van der Waals surface area (Å²) in [5, 5.41) is 3.25. The van der Waals surface area contributed by atoms with Gasteiger partial charge in [-0.1, -0.05) is 12.1 Å². The molecular weight excluding hydrogens is 245 g/mol. The lowest BCUT2D eigenvalue weighted by atomic mass is 10.2. The van der Waals surface area contributed by atoms with Gasteiger partial charge in [0.15, 0.2) is 0 Å². The minimum Gasteiger partial charge on any atom is -0.497 e.